The second-order valence-corrected chi connectivity index (χ2v) is 4.50. The number of hydrogen-bond donors (Lipinski definition) is 1. The van der Waals surface area contributed by atoms with Crippen LogP contribution < -0.4 is 5.73 Å². The van der Waals surface area contributed by atoms with Crippen LogP contribution in [0.5, 0.6) is 0 Å². The maximum Gasteiger partial charge on any atom is 0.232 e. The van der Waals surface area contributed by atoms with Crippen LogP contribution in [0, 0.1) is 0 Å². The van der Waals surface area contributed by atoms with Gasteiger partial charge in [-0.15, -0.1) is 0 Å². The first-order valence-electron chi connectivity index (χ1n) is 5.88. The Labute approximate surface area is 95.3 Å². The van der Waals surface area contributed by atoms with Gasteiger partial charge in [0.1, 0.15) is 0 Å². The van der Waals surface area contributed by atoms with E-state index >= 15 is 0 Å². The highest BCUT2D eigenvalue weighted by molar-refractivity contribution is 4.98. The van der Waals surface area contributed by atoms with Crippen LogP contribution in [0.3, 0.4) is 0 Å². The lowest BCUT2D eigenvalue weighted by Crippen LogP contribution is -2.22. The van der Waals surface area contributed by atoms with E-state index in [0.29, 0.717) is 30.8 Å². The van der Waals surface area contributed by atoms with Crippen LogP contribution in [-0.4, -0.2) is 28.9 Å². The third-order valence-electron chi connectivity index (χ3n) is 3.00. The molecule has 0 aromatic carbocycles. The fourth-order valence-corrected chi connectivity index (χ4v) is 1.88. The molecular formula is C11H19N3O2. The summed E-state index contributed by atoms with van der Waals surface area (Å²) in [5.74, 6) is 1.67. The minimum absolute atomic E-state index is 0.115. The Kier molecular flexibility index (Phi) is 3.56. The zero-order valence-corrected chi connectivity index (χ0v) is 9.85. The van der Waals surface area contributed by atoms with Crippen LogP contribution in [0.4, 0.5) is 0 Å². The summed E-state index contributed by atoms with van der Waals surface area (Å²) in [6.07, 6.45) is 2.86. The Bertz CT molecular complexity index is 340. The van der Waals surface area contributed by atoms with E-state index in [2.05, 4.69) is 24.0 Å². The molecule has 0 bridgehead atoms. The normalized spacial score (nSPS) is 27.2. The van der Waals surface area contributed by atoms with Crippen LogP contribution in [0.1, 0.15) is 44.3 Å². The van der Waals surface area contributed by atoms with Gasteiger partial charge in [0.2, 0.25) is 5.89 Å². The summed E-state index contributed by atoms with van der Waals surface area (Å²) in [5.41, 5.74) is 5.84. The molecule has 2 heterocycles. The Morgan fingerprint density at radius 2 is 2.38 bits per heavy atom. The SMILES string of the molecule is CCC(N)Cc1noc(C2COC(C)C2)n1. The van der Waals surface area contributed by atoms with Crippen molar-refractivity contribution in [3.05, 3.63) is 11.7 Å². The highest BCUT2D eigenvalue weighted by atomic mass is 16.5. The van der Waals surface area contributed by atoms with Gasteiger partial charge < -0.3 is 15.0 Å². The molecule has 1 fully saturated rings. The van der Waals surface area contributed by atoms with Crippen molar-refractivity contribution < 1.29 is 9.26 Å². The quantitative estimate of drug-likeness (QED) is 0.834. The zero-order valence-electron chi connectivity index (χ0n) is 9.85. The first-order chi connectivity index (χ1) is 7.69. The van der Waals surface area contributed by atoms with Crippen molar-refractivity contribution in [3.8, 4) is 0 Å². The van der Waals surface area contributed by atoms with Gasteiger partial charge in [-0.05, 0) is 19.8 Å². The van der Waals surface area contributed by atoms with Crippen molar-refractivity contribution in [1.82, 2.24) is 10.1 Å². The Morgan fingerprint density at radius 3 is 3.00 bits per heavy atom. The Morgan fingerprint density at radius 1 is 1.56 bits per heavy atom. The molecule has 1 aromatic heterocycles. The molecule has 2 rings (SSSR count). The summed E-state index contributed by atoms with van der Waals surface area (Å²) in [5, 5.41) is 3.95. The van der Waals surface area contributed by atoms with E-state index in [1.165, 1.54) is 0 Å². The van der Waals surface area contributed by atoms with E-state index in [0.717, 1.165) is 12.8 Å². The lowest BCUT2D eigenvalue weighted by atomic mass is 10.1. The number of nitrogens with two attached hydrogens (primary N) is 1. The largest absolute Gasteiger partial charge is 0.378 e. The summed E-state index contributed by atoms with van der Waals surface area (Å²) >= 11 is 0. The number of aromatic nitrogens is 2. The number of nitrogens with zero attached hydrogens (tertiary/aromatic N) is 2. The molecule has 0 amide bonds. The van der Waals surface area contributed by atoms with Crippen LogP contribution >= 0.6 is 0 Å². The van der Waals surface area contributed by atoms with E-state index in [1.54, 1.807) is 0 Å². The van der Waals surface area contributed by atoms with Crippen LogP contribution in [0.15, 0.2) is 4.52 Å². The maximum atomic E-state index is 5.84. The van der Waals surface area contributed by atoms with E-state index in [-0.39, 0.29) is 12.0 Å². The van der Waals surface area contributed by atoms with E-state index < -0.39 is 0 Å². The molecule has 90 valence electrons. The standard InChI is InChI=1S/C11H19N3O2/c1-3-9(12)5-10-13-11(16-14-10)8-4-7(2)15-6-8/h7-9H,3-6,12H2,1-2H3. The zero-order chi connectivity index (χ0) is 11.5. The van der Waals surface area contributed by atoms with Gasteiger partial charge in [-0.2, -0.15) is 4.98 Å². The molecule has 1 aromatic rings. The molecule has 1 saturated heterocycles. The van der Waals surface area contributed by atoms with Gasteiger partial charge in [-0.3, -0.25) is 0 Å². The van der Waals surface area contributed by atoms with Crippen molar-refractivity contribution in [1.29, 1.82) is 0 Å². The van der Waals surface area contributed by atoms with Crippen LogP contribution in [0.25, 0.3) is 0 Å². The van der Waals surface area contributed by atoms with Crippen LogP contribution in [0.2, 0.25) is 0 Å². The van der Waals surface area contributed by atoms with Crippen molar-refractivity contribution in [2.24, 2.45) is 5.73 Å². The molecule has 3 atom stereocenters. The molecule has 0 aliphatic carbocycles. The second-order valence-electron chi connectivity index (χ2n) is 4.50. The highest BCUT2D eigenvalue weighted by Gasteiger charge is 2.28. The molecule has 1 aliphatic heterocycles. The molecule has 3 unspecified atom stereocenters. The van der Waals surface area contributed by atoms with E-state index in [1.807, 2.05) is 0 Å². The molecule has 2 N–H and O–H groups in total. The average molecular weight is 225 g/mol. The van der Waals surface area contributed by atoms with Gasteiger partial charge in [0, 0.05) is 12.5 Å². The van der Waals surface area contributed by atoms with Crippen molar-refractivity contribution in [2.45, 2.75) is 51.2 Å². The fourth-order valence-electron chi connectivity index (χ4n) is 1.88. The Balaban J connectivity index is 1.97. The van der Waals surface area contributed by atoms with Gasteiger partial charge in [-0.1, -0.05) is 12.1 Å². The number of hydrogen-bond acceptors (Lipinski definition) is 5. The van der Waals surface area contributed by atoms with Gasteiger partial charge in [-0.25, -0.2) is 0 Å². The Hall–Kier alpha value is -0.940. The van der Waals surface area contributed by atoms with Crippen molar-refractivity contribution in [3.63, 3.8) is 0 Å². The topological polar surface area (TPSA) is 74.2 Å². The summed E-state index contributed by atoms with van der Waals surface area (Å²) in [4.78, 5) is 4.38. The first-order valence-corrected chi connectivity index (χ1v) is 5.88. The third kappa shape index (κ3) is 2.59. The average Bonchev–Trinajstić information content (AvgIpc) is 2.87. The van der Waals surface area contributed by atoms with Crippen molar-refractivity contribution in [2.75, 3.05) is 6.61 Å². The minimum Gasteiger partial charge on any atom is -0.378 e. The molecule has 0 radical (unpaired) electrons. The molecule has 5 nitrogen and oxygen atoms in total. The number of ether oxygens (including phenoxy) is 1. The molecular weight excluding hydrogens is 206 g/mol. The predicted octanol–water partition coefficient (Wildman–Crippen LogP) is 1.24. The lowest BCUT2D eigenvalue weighted by molar-refractivity contribution is 0.122. The van der Waals surface area contributed by atoms with Gasteiger partial charge >= 0.3 is 0 Å². The smallest absolute Gasteiger partial charge is 0.232 e. The van der Waals surface area contributed by atoms with E-state index in [9.17, 15) is 0 Å². The first kappa shape index (κ1) is 11.5. The highest BCUT2D eigenvalue weighted by Crippen LogP contribution is 2.27. The summed E-state index contributed by atoms with van der Waals surface area (Å²) in [6.45, 7) is 4.80. The maximum absolute atomic E-state index is 5.84. The molecule has 16 heavy (non-hydrogen) atoms. The molecule has 5 heteroatoms. The van der Waals surface area contributed by atoms with E-state index in [4.69, 9.17) is 15.0 Å². The van der Waals surface area contributed by atoms with Gasteiger partial charge in [0.15, 0.2) is 5.82 Å². The minimum atomic E-state index is 0.115. The summed E-state index contributed by atoms with van der Waals surface area (Å²) in [7, 11) is 0. The fraction of sp³-hybridized carbons (Fsp3) is 0.818. The summed E-state index contributed by atoms with van der Waals surface area (Å²) < 4.78 is 10.7. The van der Waals surface area contributed by atoms with Gasteiger partial charge in [0.25, 0.3) is 0 Å². The number of rotatable bonds is 4. The molecule has 1 aliphatic rings. The second kappa shape index (κ2) is 4.93. The monoisotopic (exact) mass is 225 g/mol. The third-order valence-corrected chi connectivity index (χ3v) is 3.00. The van der Waals surface area contributed by atoms with Gasteiger partial charge in [0.05, 0.1) is 18.6 Å². The summed E-state index contributed by atoms with van der Waals surface area (Å²) in [6, 6.07) is 0.115. The predicted molar refractivity (Wildman–Crippen MR) is 59.0 cm³/mol. The molecule has 0 spiro atoms. The molecule has 0 saturated carbocycles. The van der Waals surface area contributed by atoms with Crippen LogP contribution in [-0.2, 0) is 11.2 Å². The van der Waals surface area contributed by atoms with Crippen molar-refractivity contribution >= 4 is 0 Å². The lowest BCUT2D eigenvalue weighted by Gasteiger charge is -2.03.